The standard InChI is InChI=1S/C25H31N7O2S/c1-15-12-20(35-31-15)30-23-21(22(26)33)27-13-19(29-23)32-11-5-6-18(14-32)28-24(34)16-7-9-17(10-8-16)25(2,3)4/h7-10,12-13,18H,5-6,11,14H2,1-4H3,(H2,26,33)(H,28,34)(H,29,30)/t18-/m1/s1. The van der Waals surface area contributed by atoms with Crippen molar-refractivity contribution < 1.29 is 9.59 Å². The largest absolute Gasteiger partial charge is 0.364 e. The van der Waals surface area contributed by atoms with Crippen LogP contribution in [-0.4, -0.2) is 45.3 Å². The van der Waals surface area contributed by atoms with Gasteiger partial charge in [-0.05, 0) is 60.5 Å². The van der Waals surface area contributed by atoms with Gasteiger partial charge < -0.3 is 21.3 Å². The molecule has 35 heavy (non-hydrogen) atoms. The van der Waals surface area contributed by atoms with Crippen LogP contribution < -0.4 is 21.3 Å². The molecule has 10 heteroatoms. The van der Waals surface area contributed by atoms with Crippen molar-refractivity contribution in [3.63, 3.8) is 0 Å². The highest BCUT2D eigenvalue weighted by Gasteiger charge is 2.25. The van der Waals surface area contributed by atoms with E-state index >= 15 is 0 Å². The zero-order valence-electron chi connectivity index (χ0n) is 20.5. The highest BCUT2D eigenvalue weighted by molar-refractivity contribution is 7.10. The SMILES string of the molecule is Cc1cc(Nc2nc(N3CCC[C@@H](NC(=O)c4ccc(C(C)(C)C)cc4)C3)cnc2C(N)=O)sn1. The number of carbonyl (C=O) groups excluding carboxylic acids is 2. The van der Waals surface area contributed by atoms with Crippen LogP contribution in [-0.2, 0) is 5.41 Å². The number of amides is 2. The molecule has 1 fully saturated rings. The Hall–Kier alpha value is -3.53. The summed E-state index contributed by atoms with van der Waals surface area (Å²) in [4.78, 5) is 35.8. The maximum Gasteiger partial charge on any atom is 0.271 e. The summed E-state index contributed by atoms with van der Waals surface area (Å²) in [5.41, 5.74) is 8.32. The Morgan fingerprint density at radius 1 is 1.20 bits per heavy atom. The number of hydrogen-bond donors (Lipinski definition) is 3. The number of carbonyl (C=O) groups is 2. The molecule has 2 aromatic heterocycles. The third-order valence-electron chi connectivity index (χ3n) is 5.96. The molecule has 0 bridgehead atoms. The number of primary amides is 1. The van der Waals surface area contributed by atoms with Gasteiger partial charge in [0.05, 0.1) is 11.9 Å². The Bertz CT molecular complexity index is 1220. The van der Waals surface area contributed by atoms with Crippen LogP contribution in [0.5, 0.6) is 0 Å². The van der Waals surface area contributed by atoms with Crippen LogP contribution in [0.2, 0.25) is 0 Å². The molecule has 3 heterocycles. The van der Waals surface area contributed by atoms with E-state index in [-0.39, 0.29) is 23.1 Å². The van der Waals surface area contributed by atoms with Crippen molar-refractivity contribution in [2.24, 2.45) is 5.73 Å². The molecule has 4 N–H and O–H groups in total. The highest BCUT2D eigenvalue weighted by atomic mass is 32.1. The topological polar surface area (TPSA) is 126 Å². The van der Waals surface area contributed by atoms with Gasteiger partial charge in [-0.2, -0.15) is 4.37 Å². The molecular weight excluding hydrogens is 462 g/mol. The number of nitrogens with one attached hydrogen (secondary N) is 2. The number of rotatable bonds is 6. The van der Waals surface area contributed by atoms with E-state index in [2.05, 4.69) is 50.6 Å². The first-order valence-corrected chi connectivity index (χ1v) is 12.4. The molecule has 4 rings (SSSR count). The number of nitrogens with two attached hydrogens (primary N) is 1. The van der Waals surface area contributed by atoms with Gasteiger partial charge in [0.25, 0.3) is 11.8 Å². The van der Waals surface area contributed by atoms with Crippen molar-refractivity contribution in [1.82, 2.24) is 19.7 Å². The van der Waals surface area contributed by atoms with Crippen molar-refractivity contribution in [3.8, 4) is 0 Å². The minimum absolute atomic E-state index is 0.0308. The van der Waals surface area contributed by atoms with Crippen LogP contribution in [0.3, 0.4) is 0 Å². The van der Waals surface area contributed by atoms with E-state index in [0.29, 0.717) is 23.7 Å². The second kappa shape index (κ2) is 9.99. The van der Waals surface area contributed by atoms with Gasteiger partial charge in [0.2, 0.25) is 0 Å². The molecule has 0 saturated carbocycles. The summed E-state index contributed by atoms with van der Waals surface area (Å²) in [5, 5.41) is 7.02. The van der Waals surface area contributed by atoms with E-state index in [1.807, 2.05) is 37.3 Å². The molecule has 0 spiro atoms. The van der Waals surface area contributed by atoms with Gasteiger partial charge >= 0.3 is 0 Å². The molecule has 1 aromatic carbocycles. The zero-order valence-corrected chi connectivity index (χ0v) is 21.3. The molecule has 9 nitrogen and oxygen atoms in total. The number of benzene rings is 1. The predicted molar refractivity (Wildman–Crippen MR) is 139 cm³/mol. The lowest BCUT2D eigenvalue weighted by Crippen LogP contribution is -2.48. The van der Waals surface area contributed by atoms with Gasteiger partial charge in [0.15, 0.2) is 11.5 Å². The average Bonchev–Trinajstić information content (AvgIpc) is 3.23. The van der Waals surface area contributed by atoms with Crippen molar-refractivity contribution in [2.75, 3.05) is 23.3 Å². The molecular formula is C25H31N7O2S. The fourth-order valence-electron chi connectivity index (χ4n) is 4.03. The first-order valence-electron chi connectivity index (χ1n) is 11.6. The Morgan fingerprint density at radius 2 is 1.94 bits per heavy atom. The van der Waals surface area contributed by atoms with Crippen LogP contribution in [0, 0.1) is 6.92 Å². The highest BCUT2D eigenvalue weighted by Crippen LogP contribution is 2.26. The van der Waals surface area contributed by atoms with Gasteiger partial charge in [0.1, 0.15) is 10.8 Å². The van der Waals surface area contributed by atoms with Crippen LogP contribution in [0.25, 0.3) is 0 Å². The summed E-state index contributed by atoms with van der Waals surface area (Å²) in [6, 6.07) is 9.61. The van der Waals surface area contributed by atoms with E-state index < -0.39 is 5.91 Å². The Morgan fingerprint density at radius 3 is 2.57 bits per heavy atom. The minimum atomic E-state index is -0.658. The number of hydrogen-bond acceptors (Lipinski definition) is 8. The lowest BCUT2D eigenvalue weighted by molar-refractivity contribution is 0.0931. The first-order chi connectivity index (χ1) is 16.6. The van der Waals surface area contributed by atoms with Crippen molar-refractivity contribution in [2.45, 2.75) is 52.0 Å². The van der Waals surface area contributed by atoms with Gasteiger partial charge in [-0.25, -0.2) is 9.97 Å². The van der Waals surface area contributed by atoms with Gasteiger partial charge in [-0.1, -0.05) is 32.9 Å². The number of aromatic nitrogens is 3. The second-order valence-electron chi connectivity index (χ2n) is 9.83. The fourth-order valence-corrected chi connectivity index (χ4v) is 4.69. The predicted octanol–water partition coefficient (Wildman–Crippen LogP) is 3.78. The van der Waals surface area contributed by atoms with E-state index in [4.69, 9.17) is 5.73 Å². The number of piperidine rings is 1. The van der Waals surface area contributed by atoms with Crippen LogP contribution in [0.15, 0.2) is 36.5 Å². The van der Waals surface area contributed by atoms with Gasteiger partial charge in [0, 0.05) is 24.7 Å². The molecule has 1 aliphatic heterocycles. The quantitative estimate of drug-likeness (QED) is 0.477. The molecule has 1 aliphatic rings. The second-order valence-corrected chi connectivity index (χ2v) is 10.6. The zero-order chi connectivity index (χ0) is 25.2. The fraction of sp³-hybridized carbons (Fsp3) is 0.400. The molecule has 1 atom stereocenters. The Kier molecular flexibility index (Phi) is 7.02. The molecule has 0 aliphatic carbocycles. The average molecular weight is 494 g/mol. The first kappa shape index (κ1) is 24.6. The summed E-state index contributed by atoms with van der Waals surface area (Å²) < 4.78 is 4.24. The van der Waals surface area contributed by atoms with Crippen LogP contribution >= 0.6 is 11.5 Å². The number of nitrogens with zero attached hydrogens (tertiary/aromatic N) is 4. The molecule has 1 saturated heterocycles. The summed E-state index contributed by atoms with van der Waals surface area (Å²) in [5.74, 6) is 0.167. The smallest absolute Gasteiger partial charge is 0.271 e. The van der Waals surface area contributed by atoms with Crippen LogP contribution in [0.4, 0.5) is 16.6 Å². The van der Waals surface area contributed by atoms with E-state index in [1.165, 1.54) is 17.1 Å². The van der Waals surface area contributed by atoms with E-state index in [0.717, 1.165) is 30.1 Å². The van der Waals surface area contributed by atoms with Crippen molar-refractivity contribution >= 4 is 40.0 Å². The molecule has 184 valence electrons. The summed E-state index contributed by atoms with van der Waals surface area (Å²) in [6.07, 6.45) is 3.32. The lowest BCUT2D eigenvalue weighted by atomic mass is 9.86. The Balaban J connectivity index is 1.47. The number of anilines is 3. The summed E-state index contributed by atoms with van der Waals surface area (Å²) in [6.45, 7) is 9.70. The van der Waals surface area contributed by atoms with Crippen molar-refractivity contribution in [1.29, 1.82) is 0 Å². The monoisotopic (exact) mass is 493 g/mol. The molecule has 0 unspecified atom stereocenters. The van der Waals surface area contributed by atoms with E-state index in [1.54, 1.807) is 6.20 Å². The summed E-state index contributed by atoms with van der Waals surface area (Å²) >= 11 is 1.27. The van der Waals surface area contributed by atoms with Gasteiger partial charge in [-0.15, -0.1) is 0 Å². The minimum Gasteiger partial charge on any atom is -0.364 e. The number of aryl methyl sites for hydroxylation is 1. The molecule has 2 amide bonds. The van der Waals surface area contributed by atoms with Crippen LogP contribution in [0.1, 0.15) is 65.7 Å². The lowest BCUT2D eigenvalue weighted by Gasteiger charge is -2.34. The van der Waals surface area contributed by atoms with Gasteiger partial charge in [-0.3, -0.25) is 9.59 Å². The molecule has 0 radical (unpaired) electrons. The summed E-state index contributed by atoms with van der Waals surface area (Å²) in [7, 11) is 0. The molecule has 3 aromatic rings. The maximum atomic E-state index is 12.9. The van der Waals surface area contributed by atoms with Crippen molar-refractivity contribution in [3.05, 3.63) is 59.0 Å². The third-order valence-corrected chi connectivity index (χ3v) is 6.75. The maximum absolute atomic E-state index is 12.9. The van der Waals surface area contributed by atoms with E-state index in [9.17, 15) is 9.59 Å². The third kappa shape index (κ3) is 5.94. The normalized spacial score (nSPS) is 16.1. The Labute approximate surface area is 209 Å².